The van der Waals surface area contributed by atoms with Gasteiger partial charge in [0.2, 0.25) is 5.91 Å². The van der Waals surface area contributed by atoms with E-state index in [1.54, 1.807) is 24.3 Å². The summed E-state index contributed by atoms with van der Waals surface area (Å²) in [4.78, 5) is 16.5. The molecule has 3 N–H and O–H groups in total. The maximum Gasteiger partial charge on any atom is 0.230 e. The molecule has 2 aromatic heterocycles. The standard InChI is InChI=1S/C16H16N4O/c1-11-6-7-20-10-14(18-15(20)8-11)9-16(21)19-13-4-2-12(17)3-5-13/h2-8,10H,9,17H2,1H3,(H,19,21). The van der Waals surface area contributed by atoms with Crippen LogP contribution in [0, 0.1) is 6.92 Å². The van der Waals surface area contributed by atoms with Gasteiger partial charge in [0, 0.05) is 23.8 Å². The number of benzene rings is 1. The van der Waals surface area contributed by atoms with Crippen molar-refractivity contribution in [2.24, 2.45) is 0 Å². The average Bonchev–Trinajstić information content (AvgIpc) is 2.82. The molecular formula is C16H16N4O. The van der Waals surface area contributed by atoms with Crippen molar-refractivity contribution in [2.75, 3.05) is 11.1 Å². The van der Waals surface area contributed by atoms with Gasteiger partial charge in [-0.3, -0.25) is 4.79 Å². The second-order valence-corrected chi connectivity index (χ2v) is 5.05. The lowest BCUT2D eigenvalue weighted by Crippen LogP contribution is -2.14. The second kappa shape index (κ2) is 5.28. The number of nitrogens with two attached hydrogens (primary N) is 1. The van der Waals surface area contributed by atoms with E-state index in [1.165, 1.54) is 0 Å². The fourth-order valence-electron chi connectivity index (χ4n) is 2.16. The van der Waals surface area contributed by atoms with E-state index < -0.39 is 0 Å². The number of anilines is 2. The number of aromatic nitrogens is 2. The number of pyridine rings is 1. The highest BCUT2D eigenvalue weighted by atomic mass is 16.1. The zero-order valence-corrected chi connectivity index (χ0v) is 11.7. The number of carbonyl (C=O) groups excluding carboxylic acids is 1. The summed E-state index contributed by atoms with van der Waals surface area (Å²) in [6.45, 7) is 2.02. The predicted molar refractivity (Wildman–Crippen MR) is 83.1 cm³/mol. The van der Waals surface area contributed by atoms with E-state index >= 15 is 0 Å². The summed E-state index contributed by atoms with van der Waals surface area (Å²) in [5, 5.41) is 2.83. The van der Waals surface area contributed by atoms with Crippen LogP contribution in [0.1, 0.15) is 11.3 Å². The molecule has 106 valence electrons. The third-order valence-corrected chi connectivity index (χ3v) is 3.20. The molecule has 0 aliphatic carbocycles. The Balaban J connectivity index is 1.72. The van der Waals surface area contributed by atoms with Gasteiger partial charge in [-0.1, -0.05) is 0 Å². The topological polar surface area (TPSA) is 72.4 Å². The van der Waals surface area contributed by atoms with E-state index in [9.17, 15) is 4.79 Å². The van der Waals surface area contributed by atoms with Crippen molar-refractivity contribution < 1.29 is 4.79 Å². The first-order chi connectivity index (χ1) is 10.1. The molecule has 2 heterocycles. The number of rotatable bonds is 3. The van der Waals surface area contributed by atoms with Crippen LogP contribution in [0.25, 0.3) is 5.65 Å². The highest BCUT2D eigenvalue weighted by molar-refractivity contribution is 5.92. The lowest BCUT2D eigenvalue weighted by atomic mass is 10.2. The number of nitrogens with one attached hydrogen (secondary N) is 1. The largest absolute Gasteiger partial charge is 0.399 e. The van der Waals surface area contributed by atoms with Gasteiger partial charge in [0.05, 0.1) is 12.1 Å². The minimum absolute atomic E-state index is 0.0973. The summed E-state index contributed by atoms with van der Waals surface area (Å²) < 4.78 is 1.92. The summed E-state index contributed by atoms with van der Waals surface area (Å²) >= 11 is 0. The minimum Gasteiger partial charge on any atom is -0.399 e. The van der Waals surface area contributed by atoms with Gasteiger partial charge in [0.15, 0.2) is 0 Å². The SMILES string of the molecule is Cc1ccn2cc(CC(=O)Nc3ccc(N)cc3)nc2c1. The number of nitrogens with zero attached hydrogens (tertiary/aromatic N) is 2. The van der Waals surface area contributed by atoms with Gasteiger partial charge in [-0.25, -0.2) is 4.98 Å². The monoisotopic (exact) mass is 280 g/mol. The van der Waals surface area contributed by atoms with Crippen molar-refractivity contribution >= 4 is 22.9 Å². The molecule has 5 heteroatoms. The summed E-state index contributed by atoms with van der Waals surface area (Å²) in [5.41, 5.74) is 9.75. The first kappa shape index (κ1) is 13.2. The van der Waals surface area contributed by atoms with Crippen LogP contribution in [0.4, 0.5) is 11.4 Å². The molecule has 0 saturated heterocycles. The summed E-state index contributed by atoms with van der Waals surface area (Å²) in [5.74, 6) is -0.0973. The van der Waals surface area contributed by atoms with Crippen LogP contribution >= 0.6 is 0 Å². The first-order valence-electron chi connectivity index (χ1n) is 6.70. The van der Waals surface area contributed by atoms with Crippen molar-refractivity contribution in [1.82, 2.24) is 9.38 Å². The molecule has 0 fully saturated rings. The minimum atomic E-state index is -0.0973. The van der Waals surface area contributed by atoms with Crippen molar-refractivity contribution in [1.29, 1.82) is 0 Å². The zero-order valence-electron chi connectivity index (χ0n) is 11.7. The number of imidazole rings is 1. The van der Waals surface area contributed by atoms with E-state index in [4.69, 9.17) is 5.73 Å². The number of hydrogen-bond acceptors (Lipinski definition) is 3. The lowest BCUT2D eigenvalue weighted by molar-refractivity contribution is -0.115. The van der Waals surface area contributed by atoms with E-state index in [2.05, 4.69) is 10.3 Å². The van der Waals surface area contributed by atoms with E-state index in [-0.39, 0.29) is 12.3 Å². The third kappa shape index (κ3) is 3.02. The van der Waals surface area contributed by atoms with Crippen molar-refractivity contribution in [3.8, 4) is 0 Å². The summed E-state index contributed by atoms with van der Waals surface area (Å²) in [6, 6.07) is 11.1. The van der Waals surface area contributed by atoms with Crippen LogP contribution in [0.15, 0.2) is 48.8 Å². The Morgan fingerprint density at radius 3 is 2.81 bits per heavy atom. The quantitative estimate of drug-likeness (QED) is 0.724. The molecule has 0 radical (unpaired) electrons. The first-order valence-corrected chi connectivity index (χ1v) is 6.70. The molecule has 0 unspecified atom stereocenters. The van der Waals surface area contributed by atoms with Crippen LogP contribution < -0.4 is 11.1 Å². The summed E-state index contributed by atoms with van der Waals surface area (Å²) in [6.07, 6.45) is 4.06. The Kier molecular flexibility index (Phi) is 3.31. The highest BCUT2D eigenvalue weighted by Gasteiger charge is 2.08. The summed E-state index contributed by atoms with van der Waals surface area (Å²) in [7, 11) is 0. The molecule has 0 atom stereocenters. The van der Waals surface area contributed by atoms with Gasteiger partial charge in [0.25, 0.3) is 0 Å². The molecule has 1 amide bonds. The Labute approximate surface area is 122 Å². The van der Waals surface area contributed by atoms with Crippen LogP contribution in [0.2, 0.25) is 0 Å². The smallest absolute Gasteiger partial charge is 0.230 e. The van der Waals surface area contributed by atoms with Crippen LogP contribution in [0.5, 0.6) is 0 Å². The molecule has 0 spiro atoms. The lowest BCUT2D eigenvalue weighted by Gasteiger charge is -2.03. The number of amides is 1. The molecular weight excluding hydrogens is 264 g/mol. The Bertz CT molecular complexity index is 790. The fraction of sp³-hybridized carbons (Fsp3) is 0.125. The maximum atomic E-state index is 12.0. The van der Waals surface area contributed by atoms with E-state index in [0.717, 1.165) is 22.6 Å². The number of carbonyl (C=O) groups is 1. The van der Waals surface area contributed by atoms with Gasteiger partial charge in [-0.15, -0.1) is 0 Å². The molecule has 0 saturated carbocycles. The molecule has 1 aromatic carbocycles. The normalized spacial score (nSPS) is 10.7. The van der Waals surface area contributed by atoms with Gasteiger partial charge in [-0.05, 0) is 48.9 Å². The zero-order chi connectivity index (χ0) is 14.8. The third-order valence-electron chi connectivity index (χ3n) is 3.20. The van der Waals surface area contributed by atoms with Crippen LogP contribution in [-0.2, 0) is 11.2 Å². The number of fused-ring (bicyclic) bond motifs is 1. The van der Waals surface area contributed by atoms with Gasteiger partial charge in [0.1, 0.15) is 5.65 Å². The molecule has 0 bridgehead atoms. The number of hydrogen-bond donors (Lipinski definition) is 2. The van der Waals surface area contributed by atoms with Crippen molar-refractivity contribution in [3.63, 3.8) is 0 Å². The van der Waals surface area contributed by atoms with E-state index in [1.807, 2.05) is 35.9 Å². The average molecular weight is 280 g/mol. The van der Waals surface area contributed by atoms with Crippen molar-refractivity contribution in [2.45, 2.75) is 13.3 Å². The Hall–Kier alpha value is -2.82. The van der Waals surface area contributed by atoms with Crippen molar-refractivity contribution in [3.05, 3.63) is 60.0 Å². The van der Waals surface area contributed by atoms with E-state index in [0.29, 0.717) is 5.69 Å². The molecule has 21 heavy (non-hydrogen) atoms. The number of nitrogen functional groups attached to an aromatic ring is 1. The number of aryl methyl sites for hydroxylation is 1. The highest BCUT2D eigenvalue weighted by Crippen LogP contribution is 2.12. The van der Waals surface area contributed by atoms with Gasteiger partial charge < -0.3 is 15.5 Å². The fourth-order valence-corrected chi connectivity index (χ4v) is 2.16. The van der Waals surface area contributed by atoms with Gasteiger partial charge in [-0.2, -0.15) is 0 Å². The second-order valence-electron chi connectivity index (χ2n) is 5.05. The molecule has 3 aromatic rings. The Morgan fingerprint density at radius 2 is 2.05 bits per heavy atom. The molecule has 5 nitrogen and oxygen atoms in total. The van der Waals surface area contributed by atoms with Gasteiger partial charge >= 0.3 is 0 Å². The predicted octanol–water partition coefficient (Wildman–Crippen LogP) is 2.41. The Morgan fingerprint density at radius 1 is 1.29 bits per heavy atom. The molecule has 0 aliphatic heterocycles. The van der Waals surface area contributed by atoms with Crippen LogP contribution in [0.3, 0.4) is 0 Å². The molecule has 0 aliphatic rings. The van der Waals surface area contributed by atoms with Crippen LogP contribution in [-0.4, -0.2) is 15.3 Å². The maximum absolute atomic E-state index is 12.0. The molecule has 3 rings (SSSR count).